The van der Waals surface area contributed by atoms with Gasteiger partial charge in [-0.15, -0.1) is 11.3 Å². The van der Waals surface area contributed by atoms with Crippen LogP contribution in [0.4, 0.5) is 18.2 Å². The summed E-state index contributed by atoms with van der Waals surface area (Å²) in [7, 11) is -4.06. The Labute approximate surface area is 132 Å². The van der Waals surface area contributed by atoms with Crippen LogP contribution in [0.15, 0.2) is 45.5 Å². The second-order valence-electron chi connectivity index (χ2n) is 4.02. The molecule has 0 aliphatic heterocycles. The Hall–Kier alpha value is -1.58. The highest BCUT2D eigenvalue weighted by molar-refractivity contribution is 7.91. The molecule has 1 heterocycles. The number of hydrogen-bond acceptors (Lipinski definition) is 4. The van der Waals surface area contributed by atoms with Gasteiger partial charge in [-0.3, -0.25) is 4.79 Å². The van der Waals surface area contributed by atoms with E-state index in [1.165, 1.54) is 29.6 Å². The Morgan fingerprint density at radius 2 is 1.73 bits per heavy atom. The molecule has 22 heavy (non-hydrogen) atoms. The molecule has 0 aliphatic carbocycles. The van der Waals surface area contributed by atoms with E-state index in [1.54, 1.807) is 5.32 Å². The van der Waals surface area contributed by atoms with Crippen LogP contribution >= 0.6 is 22.9 Å². The van der Waals surface area contributed by atoms with Gasteiger partial charge in [0.2, 0.25) is 9.84 Å². The summed E-state index contributed by atoms with van der Waals surface area (Å²) in [6, 6.07) is 6.26. The molecule has 1 aromatic heterocycles. The first kappa shape index (κ1) is 16.8. The molecule has 0 atom stereocenters. The van der Waals surface area contributed by atoms with Crippen molar-refractivity contribution in [3.63, 3.8) is 0 Å². The smallest absolute Gasteiger partial charge is 0.309 e. The van der Waals surface area contributed by atoms with Crippen molar-refractivity contribution in [1.82, 2.24) is 0 Å². The third-order valence-electron chi connectivity index (χ3n) is 2.53. The van der Waals surface area contributed by atoms with Crippen LogP contribution in [-0.4, -0.2) is 20.5 Å². The zero-order valence-electron chi connectivity index (χ0n) is 10.5. The minimum absolute atomic E-state index is 0.141. The monoisotopic (exact) mass is 369 g/mol. The van der Waals surface area contributed by atoms with Gasteiger partial charge in [0.25, 0.3) is 0 Å². The second-order valence-corrected chi connectivity index (χ2v) is 7.29. The Morgan fingerprint density at radius 3 is 2.27 bits per heavy atom. The summed E-state index contributed by atoms with van der Waals surface area (Å²) in [5.74, 6) is -2.23. The first-order valence-corrected chi connectivity index (χ1v) is 8.33. The van der Waals surface area contributed by atoms with Gasteiger partial charge in [0, 0.05) is 5.02 Å². The van der Waals surface area contributed by atoms with Crippen LogP contribution in [0, 0.1) is 0 Å². The number of carbonyl (C=O) groups is 1. The average molecular weight is 370 g/mol. The number of hydrogen-bond donors (Lipinski definition) is 1. The maximum absolute atomic E-state index is 12.4. The molecule has 1 aromatic carbocycles. The fourth-order valence-corrected chi connectivity index (χ4v) is 4.17. The molecule has 0 bridgehead atoms. The molecule has 0 fully saturated rings. The molecule has 10 heteroatoms. The van der Waals surface area contributed by atoms with Crippen molar-refractivity contribution in [2.45, 2.75) is 16.0 Å². The Balaban J connectivity index is 2.40. The van der Waals surface area contributed by atoms with Gasteiger partial charge < -0.3 is 5.32 Å². The number of benzene rings is 1. The number of anilines is 1. The minimum atomic E-state index is -5.11. The van der Waals surface area contributed by atoms with Gasteiger partial charge in [0.05, 0.1) is 4.90 Å². The maximum Gasteiger partial charge on any atom is 0.471 e. The summed E-state index contributed by atoms with van der Waals surface area (Å²) < 4.78 is 61.6. The summed E-state index contributed by atoms with van der Waals surface area (Å²) in [5, 5.41) is 2.76. The van der Waals surface area contributed by atoms with Gasteiger partial charge in [-0.1, -0.05) is 11.6 Å². The predicted molar refractivity (Wildman–Crippen MR) is 75.9 cm³/mol. The number of nitrogens with one attached hydrogen (secondary N) is 1. The van der Waals surface area contributed by atoms with Crippen LogP contribution in [0.5, 0.6) is 0 Å². The highest BCUT2D eigenvalue weighted by Crippen LogP contribution is 2.33. The molecule has 0 aliphatic rings. The molecule has 2 rings (SSSR count). The summed E-state index contributed by atoms with van der Waals surface area (Å²) in [6.45, 7) is 0. The number of amides is 1. The van der Waals surface area contributed by atoms with Gasteiger partial charge in [0.1, 0.15) is 9.90 Å². The number of rotatable bonds is 3. The van der Waals surface area contributed by atoms with Crippen molar-refractivity contribution >= 4 is 43.7 Å². The van der Waals surface area contributed by atoms with Crippen LogP contribution in [0.25, 0.3) is 0 Å². The van der Waals surface area contributed by atoms with E-state index in [9.17, 15) is 26.4 Å². The minimum Gasteiger partial charge on any atom is -0.309 e. The lowest BCUT2D eigenvalue weighted by atomic mass is 10.4. The van der Waals surface area contributed by atoms with Gasteiger partial charge in [0.15, 0.2) is 0 Å². The number of alkyl halides is 3. The van der Waals surface area contributed by atoms with Gasteiger partial charge in [-0.25, -0.2) is 8.42 Å². The lowest BCUT2D eigenvalue weighted by Gasteiger charge is -2.09. The molecule has 2 aromatic rings. The van der Waals surface area contributed by atoms with Crippen LogP contribution < -0.4 is 5.32 Å². The van der Waals surface area contributed by atoms with Crippen molar-refractivity contribution < 1.29 is 26.4 Å². The zero-order valence-corrected chi connectivity index (χ0v) is 12.9. The molecule has 4 nitrogen and oxygen atoms in total. The molecule has 1 N–H and O–H groups in total. The van der Waals surface area contributed by atoms with Crippen molar-refractivity contribution in [3.05, 3.63) is 40.7 Å². The van der Waals surface area contributed by atoms with E-state index in [1.807, 2.05) is 0 Å². The third-order valence-corrected chi connectivity index (χ3v) is 5.55. The zero-order chi connectivity index (χ0) is 16.5. The average Bonchev–Trinajstić information content (AvgIpc) is 2.87. The van der Waals surface area contributed by atoms with E-state index in [2.05, 4.69) is 0 Å². The first-order chi connectivity index (χ1) is 10.1. The summed E-state index contributed by atoms with van der Waals surface area (Å²) in [4.78, 5) is 10.4. The molecular formula is C12H7ClF3NO3S2. The van der Waals surface area contributed by atoms with E-state index in [0.717, 1.165) is 6.07 Å². The topological polar surface area (TPSA) is 63.2 Å². The van der Waals surface area contributed by atoms with Crippen LogP contribution in [0.1, 0.15) is 0 Å². The van der Waals surface area contributed by atoms with Crippen LogP contribution in [0.2, 0.25) is 5.02 Å². The van der Waals surface area contributed by atoms with E-state index >= 15 is 0 Å². The second kappa shape index (κ2) is 5.90. The van der Waals surface area contributed by atoms with E-state index < -0.39 is 31.8 Å². The third kappa shape index (κ3) is 3.42. The van der Waals surface area contributed by atoms with Crippen molar-refractivity contribution in [2.24, 2.45) is 0 Å². The summed E-state index contributed by atoms with van der Waals surface area (Å²) in [5.41, 5.74) is 0. The molecule has 0 radical (unpaired) electrons. The highest BCUT2D eigenvalue weighted by atomic mass is 35.5. The molecule has 0 saturated heterocycles. The van der Waals surface area contributed by atoms with Gasteiger partial charge >= 0.3 is 12.1 Å². The number of thiophene rings is 1. The molecule has 118 valence electrons. The predicted octanol–water partition coefficient (Wildman–Crippen LogP) is 3.74. The highest BCUT2D eigenvalue weighted by Gasteiger charge is 2.39. The lowest BCUT2D eigenvalue weighted by Crippen LogP contribution is -2.30. The standard InChI is InChI=1S/C12H7ClF3NO3S2/c13-7-1-3-8(4-2-7)22(19,20)9-5-6-21-10(9)17-11(18)12(14,15)16/h1-6H,(H,17,18). The van der Waals surface area contributed by atoms with Crippen LogP contribution in [-0.2, 0) is 14.6 Å². The number of sulfone groups is 1. The first-order valence-electron chi connectivity index (χ1n) is 5.58. The van der Waals surface area contributed by atoms with Crippen molar-refractivity contribution in [1.29, 1.82) is 0 Å². The Morgan fingerprint density at radius 1 is 1.14 bits per heavy atom. The molecule has 0 unspecified atom stereocenters. The maximum atomic E-state index is 12.4. The van der Waals surface area contributed by atoms with E-state index in [4.69, 9.17) is 11.6 Å². The number of carbonyl (C=O) groups excluding carboxylic acids is 1. The molecule has 1 amide bonds. The number of halogens is 4. The molecule has 0 spiro atoms. The van der Waals surface area contributed by atoms with E-state index in [-0.39, 0.29) is 4.90 Å². The lowest BCUT2D eigenvalue weighted by molar-refractivity contribution is -0.167. The Kier molecular flexibility index (Phi) is 4.50. The van der Waals surface area contributed by atoms with Crippen molar-refractivity contribution in [3.8, 4) is 0 Å². The fraction of sp³-hybridized carbons (Fsp3) is 0.0833. The Bertz CT molecular complexity index is 798. The van der Waals surface area contributed by atoms with Crippen LogP contribution in [0.3, 0.4) is 0 Å². The quantitative estimate of drug-likeness (QED) is 0.896. The molecule has 0 saturated carbocycles. The summed E-state index contributed by atoms with van der Waals surface area (Å²) in [6.07, 6.45) is -5.11. The largest absolute Gasteiger partial charge is 0.471 e. The molecular weight excluding hydrogens is 363 g/mol. The summed E-state index contributed by atoms with van der Waals surface area (Å²) >= 11 is 6.34. The fourth-order valence-electron chi connectivity index (χ4n) is 1.51. The van der Waals surface area contributed by atoms with Crippen molar-refractivity contribution in [2.75, 3.05) is 5.32 Å². The van der Waals surface area contributed by atoms with Gasteiger partial charge in [-0.2, -0.15) is 13.2 Å². The van der Waals surface area contributed by atoms with Gasteiger partial charge in [-0.05, 0) is 35.7 Å². The van der Waals surface area contributed by atoms with E-state index in [0.29, 0.717) is 16.4 Å². The SMILES string of the molecule is O=C(Nc1sccc1S(=O)(=O)c1ccc(Cl)cc1)C(F)(F)F. The normalized spacial score (nSPS) is 12.2.